The van der Waals surface area contributed by atoms with Gasteiger partial charge < -0.3 is 14.7 Å². The van der Waals surface area contributed by atoms with Crippen molar-refractivity contribution in [3.05, 3.63) is 59.1 Å². The average molecular weight is 375 g/mol. The first-order valence-electron chi connectivity index (χ1n) is 8.81. The number of rotatable bonds is 7. The largest absolute Gasteiger partial charge is 0.494 e. The number of carboxylic acids is 1. The highest BCUT2D eigenvalue weighted by Gasteiger charge is 2.16. The van der Waals surface area contributed by atoms with E-state index in [1.54, 1.807) is 24.3 Å². The van der Waals surface area contributed by atoms with Crippen molar-refractivity contribution >= 4 is 23.3 Å². The lowest BCUT2D eigenvalue weighted by Crippen LogP contribution is -2.46. The summed E-state index contributed by atoms with van der Waals surface area (Å²) in [5.41, 5.74) is 1.46. The topological polar surface area (TPSA) is 53.0 Å². The van der Waals surface area contributed by atoms with Crippen molar-refractivity contribution in [2.24, 2.45) is 0 Å². The van der Waals surface area contributed by atoms with E-state index in [2.05, 4.69) is 15.9 Å². The number of hydrogen-bond donors (Lipinski definition) is 1. The molecule has 138 valence electrons. The van der Waals surface area contributed by atoms with Crippen LogP contribution < -0.4 is 9.64 Å². The van der Waals surface area contributed by atoms with Crippen molar-refractivity contribution in [1.29, 1.82) is 0 Å². The van der Waals surface area contributed by atoms with Gasteiger partial charge in [0.05, 0.1) is 12.2 Å². The minimum atomic E-state index is -0.923. The Balaban J connectivity index is 1.35. The fourth-order valence-corrected chi connectivity index (χ4v) is 3.26. The monoisotopic (exact) mass is 374 g/mol. The van der Waals surface area contributed by atoms with Gasteiger partial charge in [0, 0.05) is 43.4 Å². The third-order valence-corrected chi connectivity index (χ3v) is 4.77. The van der Waals surface area contributed by atoms with Gasteiger partial charge in [-0.2, -0.15) is 0 Å². The van der Waals surface area contributed by atoms with Gasteiger partial charge in [0.1, 0.15) is 5.75 Å². The van der Waals surface area contributed by atoms with E-state index in [1.165, 1.54) is 5.69 Å². The number of aromatic carboxylic acids is 1. The summed E-state index contributed by atoms with van der Waals surface area (Å²) in [5.74, 6) is -0.214. The van der Waals surface area contributed by atoms with E-state index in [1.807, 2.05) is 18.2 Å². The molecule has 0 spiro atoms. The number of ether oxygens (including phenoxy) is 1. The molecule has 0 aromatic heterocycles. The Hall–Kier alpha value is -2.24. The number of benzene rings is 2. The quantitative estimate of drug-likeness (QED) is 0.750. The van der Waals surface area contributed by atoms with Gasteiger partial charge in [-0.3, -0.25) is 4.90 Å². The SMILES string of the molecule is O=C(O)c1ccc(OCCCN2CCN(c3cccc(Cl)c3)CC2)cc1. The van der Waals surface area contributed by atoms with Crippen LogP contribution in [0.25, 0.3) is 0 Å². The molecule has 0 bridgehead atoms. The first-order valence-corrected chi connectivity index (χ1v) is 9.18. The van der Waals surface area contributed by atoms with Crippen LogP contribution in [-0.4, -0.2) is 55.3 Å². The number of carboxylic acid groups (broad SMARTS) is 1. The molecule has 0 aliphatic carbocycles. The van der Waals surface area contributed by atoms with E-state index < -0.39 is 5.97 Å². The van der Waals surface area contributed by atoms with Crippen LogP contribution in [0.2, 0.25) is 5.02 Å². The predicted octanol–water partition coefficient (Wildman–Crippen LogP) is 3.63. The normalized spacial score (nSPS) is 15.0. The van der Waals surface area contributed by atoms with Crippen molar-refractivity contribution < 1.29 is 14.6 Å². The molecule has 5 nitrogen and oxygen atoms in total. The summed E-state index contributed by atoms with van der Waals surface area (Å²) in [5, 5.41) is 9.66. The van der Waals surface area contributed by atoms with E-state index in [0.717, 1.165) is 44.2 Å². The zero-order valence-electron chi connectivity index (χ0n) is 14.6. The molecular formula is C20H23ClN2O3. The van der Waals surface area contributed by atoms with Crippen LogP contribution in [0.1, 0.15) is 16.8 Å². The van der Waals surface area contributed by atoms with Gasteiger partial charge in [0.25, 0.3) is 0 Å². The molecule has 1 heterocycles. The summed E-state index contributed by atoms with van der Waals surface area (Å²) < 4.78 is 5.69. The second-order valence-electron chi connectivity index (χ2n) is 6.34. The van der Waals surface area contributed by atoms with Crippen LogP contribution in [0, 0.1) is 0 Å². The van der Waals surface area contributed by atoms with Gasteiger partial charge in [-0.25, -0.2) is 4.79 Å². The Morgan fingerprint density at radius 3 is 2.46 bits per heavy atom. The van der Waals surface area contributed by atoms with Gasteiger partial charge in [-0.1, -0.05) is 17.7 Å². The van der Waals surface area contributed by atoms with E-state index >= 15 is 0 Å². The van der Waals surface area contributed by atoms with Gasteiger partial charge >= 0.3 is 5.97 Å². The smallest absolute Gasteiger partial charge is 0.335 e. The molecule has 1 saturated heterocycles. The van der Waals surface area contributed by atoms with Gasteiger partial charge in [-0.05, 0) is 48.9 Å². The summed E-state index contributed by atoms with van der Waals surface area (Å²) in [6, 6.07) is 14.5. The summed E-state index contributed by atoms with van der Waals surface area (Å²) in [6.07, 6.45) is 0.942. The number of anilines is 1. The van der Waals surface area contributed by atoms with Gasteiger partial charge in [-0.15, -0.1) is 0 Å². The number of carbonyl (C=O) groups is 1. The van der Waals surface area contributed by atoms with E-state index in [-0.39, 0.29) is 5.56 Å². The minimum absolute atomic E-state index is 0.273. The van der Waals surface area contributed by atoms with Crippen LogP contribution in [0.4, 0.5) is 5.69 Å². The Labute approximate surface area is 158 Å². The zero-order valence-corrected chi connectivity index (χ0v) is 15.4. The van der Waals surface area contributed by atoms with E-state index in [4.69, 9.17) is 21.4 Å². The third-order valence-electron chi connectivity index (χ3n) is 4.53. The zero-order chi connectivity index (χ0) is 18.4. The van der Waals surface area contributed by atoms with Crippen molar-refractivity contribution in [3.63, 3.8) is 0 Å². The van der Waals surface area contributed by atoms with Crippen molar-refractivity contribution in [2.45, 2.75) is 6.42 Å². The number of piperazine rings is 1. The molecule has 2 aromatic rings. The fourth-order valence-electron chi connectivity index (χ4n) is 3.07. The highest BCUT2D eigenvalue weighted by atomic mass is 35.5. The Kier molecular flexibility index (Phi) is 6.36. The Morgan fingerprint density at radius 1 is 1.08 bits per heavy atom. The van der Waals surface area contributed by atoms with Crippen molar-refractivity contribution in [1.82, 2.24) is 4.90 Å². The van der Waals surface area contributed by atoms with Crippen molar-refractivity contribution in [3.8, 4) is 5.75 Å². The molecule has 0 atom stereocenters. The molecule has 1 aliphatic rings. The Morgan fingerprint density at radius 2 is 1.81 bits per heavy atom. The second kappa shape index (κ2) is 8.92. The molecule has 6 heteroatoms. The number of hydrogen-bond acceptors (Lipinski definition) is 4. The lowest BCUT2D eigenvalue weighted by atomic mass is 10.2. The number of nitrogens with zero attached hydrogens (tertiary/aromatic N) is 2. The first-order chi connectivity index (χ1) is 12.6. The average Bonchev–Trinajstić information content (AvgIpc) is 2.66. The highest BCUT2D eigenvalue weighted by molar-refractivity contribution is 6.30. The molecule has 1 N–H and O–H groups in total. The molecule has 1 fully saturated rings. The molecule has 0 amide bonds. The highest BCUT2D eigenvalue weighted by Crippen LogP contribution is 2.20. The number of halogens is 1. The Bertz CT molecular complexity index is 728. The van der Waals surface area contributed by atoms with Gasteiger partial charge in [0.2, 0.25) is 0 Å². The fraction of sp³-hybridized carbons (Fsp3) is 0.350. The molecule has 0 unspecified atom stereocenters. The third kappa shape index (κ3) is 5.13. The summed E-state index contributed by atoms with van der Waals surface area (Å²) in [7, 11) is 0. The van der Waals surface area contributed by atoms with E-state index in [0.29, 0.717) is 12.4 Å². The van der Waals surface area contributed by atoms with Crippen molar-refractivity contribution in [2.75, 3.05) is 44.2 Å². The standard InChI is InChI=1S/C20H23ClN2O3/c21-17-3-1-4-18(15-17)23-12-10-22(11-13-23)9-2-14-26-19-7-5-16(6-8-19)20(24)25/h1,3-8,15H,2,9-14H2,(H,24,25). The lowest BCUT2D eigenvalue weighted by Gasteiger charge is -2.36. The van der Waals surface area contributed by atoms with Crippen LogP contribution in [0.15, 0.2) is 48.5 Å². The maximum Gasteiger partial charge on any atom is 0.335 e. The minimum Gasteiger partial charge on any atom is -0.494 e. The summed E-state index contributed by atoms with van der Waals surface area (Å²) >= 11 is 6.07. The second-order valence-corrected chi connectivity index (χ2v) is 6.78. The molecule has 3 rings (SSSR count). The maximum absolute atomic E-state index is 10.8. The van der Waals surface area contributed by atoms with Gasteiger partial charge in [0.15, 0.2) is 0 Å². The summed E-state index contributed by atoms with van der Waals surface area (Å²) in [6.45, 7) is 5.67. The molecular weight excluding hydrogens is 352 g/mol. The predicted molar refractivity (Wildman–Crippen MR) is 104 cm³/mol. The lowest BCUT2D eigenvalue weighted by molar-refractivity contribution is 0.0697. The first kappa shape index (κ1) is 18.5. The van der Waals surface area contributed by atoms with Crippen LogP contribution in [0.3, 0.4) is 0 Å². The molecule has 26 heavy (non-hydrogen) atoms. The van der Waals surface area contributed by atoms with Crippen LogP contribution in [-0.2, 0) is 0 Å². The molecule has 0 saturated carbocycles. The summed E-state index contributed by atoms with van der Waals surface area (Å²) in [4.78, 5) is 15.6. The maximum atomic E-state index is 10.8. The van der Waals surface area contributed by atoms with E-state index in [9.17, 15) is 4.79 Å². The van der Waals surface area contributed by atoms with Crippen LogP contribution in [0.5, 0.6) is 5.75 Å². The van der Waals surface area contributed by atoms with Crippen LogP contribution >= 0.6 is 11.6 Å². The molecule has 2 aromatic carbocycles. The molecule has 1 aliphatic heterocycles. The molecule has 0 radical (unpaired) electrons.